The number of nitrogens with zero attached hydrogens (tertiary/aromatic N) is 3. The predicted octanol–water partition coefficient (Wildman–Crippen LogP) is 2.55. The van der Waals surface area contributed by atoms with Crippen LogP contribution in [0.15, 0.2) is 35.3 Å². The Hall–Kier alpha value is -1.59. The summed E-state index contributed by atoms with van der Waals surface area (Å²) in [7, 11) is 1.87. The van der Waals surface area contributed by atoms with E-state index in [4.69, 9.17) is 0 Å². The van der Waals surface area contributed by atoms with Crippen LogP contribution >= 0.6 is 0 Å². The Morgan fingerprint density at radius 1 is 1.11 bits per heavy atom. The molecule has 1 aromatic rings. The number of aliphatic imine (C=N–C) groups is 1. The second-order valence-corrected chi connectivity index (χ2v) is 8.20. The van der Waals surface area contributed by atoms with Gasteiger partial charge in [-0.1, -0.05) is 37.3 Å². The highest BCUT2D eigenvalue weighted by atomic mass is 15.2. The maximum atomic E-state index is 4.42. The van der Waals surface area contributed by atoms with Gasteiger partial charge in [0.15, 0.2) is 5.96 Å². The standard InChI is InChI=1S/C22H37N5/c1-19(17-26-12-6-7-13-26)15-24-22(23-2)25-16-21-11-8-14-27(21)18-20-9-4-3-5-10-20/h3-5,9-10,19,21H,6-8,11-18H2,1-2H3,(H2,23,24,25). The van der Waals surface area contributed by atoms with Gasteiger partial charge in [0, 0.05) is 39.3 Å². The summed E-state index contributed by atoms with van der Waals surface area (Å²) in [6, 6.07) is 11.4. The Bertz CT molecular complexity index is 567. The van der Waals surface area contributed by atoms with Crippen LogP contribution in [0.4, 0.5) is 0 Å². The topological polar surface area (TPSA) is 42.9 Å². The van der Waals surface area contributed by atoms with Crippen molar-refractivity contribution in [3.8, 4) is 0 Å². The van der Waals surface area contributed by atoms with E-state index in [-0.39, 0.29) is 0 Å². The number of likely N-dealkylation sites (tertiary alicyclic amines) is 2. The van der Waals surface area contributed by atoms with Crippen LogP contribution in [-0.4, -0.2) is 68.1 Å². The molecule has 27 heavy (non-hydrogen) atoms. The molecule has 0 radical (unpaired) electrons. The second-order valence-electron chi connectivity index (χ2n) is 8.20. The van der Waals surface area contributed by atoms with Crippen LogP contribution in [0.25, 0.3) is 0 Å². The number of hydrogen-bond acceptors (Lipinski definition) is 3. The average Bonchev–Trinajstić information content (AvgIpc) is 3.35. The third-order valence-corrected chi connectivity index (χ3v) is 5.84. The van der Waals surface area contributed by atoms with E-state index in [2.05, 4.69) is 62.7 Å². The minimum atomic E-state index is 0.589. The molecule has 0 saturated carbocycles. The lowest BCUT2D eigenvalue weighted by Gasteiger charge is -2.26. The van der Waals surface area contributed by atoms with E-state index in [1.54, 1.807) is 0 Å². The highest BCUT2D eigenvalue weighted by Crippen LogP contribution is 2.19. The van der Waals surface area contributed by atoms with E-state index in [1.807, 2.05) is 7.05 Å². The Balaban J connectivity index is 1.39. The monoisotopic (exact) mass is 371 g/mol. The zero-order valence-electron chi connectivity index (χ0n) is 17.2. The first-order valence-corrected chi connectivity index (χ1v) is 10.7. The molecule has 0 bridgehead atoms. The van der Waals surface area contributed by atoms with Gasteiger partial charge in [0.1, 0.15) is 0 Å². The smallest absolute Gasteiger partial charge is 0.191 e. The van der Waals surface area contributed by atoms with Crippen LogP contribution in [0.2, 0.25) is 0 Å². The minimum Gasteiger partial charge on any atom is -0.356 e. The Labute approximate surface area is 165 Å². The molecule has 150 valence electrons. The molecule has 0 amide bonds. The predicted molar refractivity (Wildman–Crippen MR) is 114 cm³/mol. The summed E-state index contributed by atoms with van der Waals surface area (Å²) in [5.74, 6) is 1.58. The molecule has 2 aliphatic rings. The third-order valence-electron chi connectivity index (χ3n) is 5.84. The summed E-state index contributed by atoms with van der Waals surface area (Å²) in [6.07, 6.45) is 5.29. The Morgan fingerprint density at radius 3 is 2.63 bits per heavy atom. The van der Waals surface area contributed by atoms with Gasteiger partial charge in [-0.2, -0.15) is 0 Å². The quantitative estimate of drug-likeness (QED) is 0.544. The van der Waals surface area contributed by atoms with Crippen molar-refractivity contribution in [1.82, 2.24) is 20.4 Å². The van der Waals surface area contributed by atoms with Gasteiger partial charge in [0.25, 0.3) is 0 Å². The highest BCUT2D eigenvalue weighted by Gasteiger charge is 2.24. The third kappa shape index (κ3) is 6.51. The summed E-state index contributed by atoms with van der Waals surface area (Å²) in [4.78, 5) is 9.61. The average molecular weight is 372 g/mol. The van der Waals surface area contributed by atoms with Crippen molar-refractivity contribution in [2.24, 2.45) is 10.9 Å². The van der Waals surface area contributed by atoms with Crippen LogP contribution in [0, 0.1) is 5.92 Å². The number of nitrogens with one attached hydrogen (secondary N) is 2. The molecule has 0 spiro atoms. The van der Waals surface area contributed by atoms with Gasteiger partial charge in [-0.25, -0.2) is 0 Å². The summed E-state index contributed by atoms with van der Waals surface area (Å²) >= 11 is 0. The first kappa shape index (κ1) is 20.2. The van der Waals surface area contributed by atoms with Crippen LogP contribution in [0.1, 0.15) is 38.2 Å². The van der Waals surface area contributed by atoms with E-state index in [1.165, 1.54) is 57.4 Å². The molecule has 2 heterocycles. The largest absolute Gasteiger partial charge is 0.356 e. The first-order chi connectivity index (χ1) is 13.2. The van der Waals surface area contributed by atoms with Crippen molar-refractivity contribution in [2.75, 3.05) is 46.3 Å². The maximum absolute atomic E-state index is 4.42. The molecule has 2 unspecified atom stereocenters. The van der Waals surface area contributed by atoms with Gasteiger partial charge in [0.05, 0.1) is 0 Å². The molecule has 3 rings (SSSR count). The molecule has 2 saturated heterocycles. The fourth-order valence-electron chi connectivity index (χ4n) is 4.33. The van der Waals surface area contributed by atoms with Gasteiger partial charge < -0.3 is 15.5 Å². The van der Waals surface area contributed by atoms with Gasteiger partial charge in [-0.05, 0) is 56.8 Å². The second kappa shape index (κ2) is 10.7. The summed E-state index contributed by atoms with van der Waals surface area (Å²) < 4.78 is 0. The molecule has 0 aromatic heterocycles. The molecule has 5 nitrogen and oxygen atoms in total. The molecule has 0 aliphatic carbocycles. The summed E-state index contributed by atoms with van der Waals surface area (Å²) in [5.41, 5.74) is 1.41. The summed E-state index contributed by atoms with van der Waals surface area (Å²) in [5, 5.41) is 7.09. The van der Waals surface area contributed by atoms with Crippen LogP contribution in [0.3, 0.4) is 0 Å². The fourth-order valence-corrected chi connectivity index (χ4v) is 4.33. The zero-order chi connectivity index (χ0) is 18.9. The number of benzene rings is 1. The molecule has 2 N–H and O–H groups in total. The number of hydrogen-bond donors (Lipinski definition) is 2. The minimum absolute atomic E-state index is 0.589. The zero-order valence-corrected chi connectivity index (χ0v) is 17.2. The van der Waals surface area contributed by atoms with Crippen molar-refractivity contribution < 1.29 is 0 Å². The van der Waals surface area contributed by atoms with E-state index >= 15 is 0 Å². The SMILES string of the molecule is CN=C(NCC(C)CN1CCCC1)NCC1CCCN1Cc1ccccc1. The van der Waals surface area contributed by atoms with Gasteiger partial charge in [-0.3, -0.25) is 9.89 Å². The first-order valence-electron chi connectivity index (χ1n) is 10.7. The Morgan fingerprint density at radius 2 is 1.89 bits per heavy atom. The Kier molecular flexibility index (Phi) is 7.96. The molecule has 5 heteroatoms. The lowest BCUT2D eigenvalue weighted by Crippen LogP contribution is -2.46. The number of guanidine groups is 1. The molecular weight excluding hydrogens is 334 g/mol. The van der Waals surface area contributed by atoms with E-state index in [0.29, 0.717) is 12.0 Å². The normalized spacial score (nSPS) is 22.9. The molecule has 1 aromatic carbocycles. The maximum Gasteiger partial charge on any atom is 0.191 e. The molecule has 2 aliphatic heterocycles. The van der Waals surface area contributed by atoms with Crippen molar-refractivity contribution >= 4 is 5.96 Å². The molecule has 2 atom stereocenters. The van der Waals surface area contributed by atoms with Gasteiger partial charge in [0.2, 0.25) is 0 Å². The molecule has 2 fully saturated rings. The van der Waals surface area contributed by atoms with Crippen LogP contribution in [-0.2, 0) is 6.54 Å². The highest BCUT2D eigenvalue weighted by molar-refractivity contribution is 5.79. The van der Waals surface area contributed by atoms with Gasteiger partial charge in [-0.15, -0.1) is 0 Å². The van der Waals surface area contributed by atoms with E-state index in [9.17, 15) is 0 Å². The molecular formula is C22H37N5. The summed E-state index contributed by atoms with van der Waals surface area (Å²) in [6.45, 7) is 10.3. The van der Waals surface area contributed by atoms with Crippen LogP contribution in [0.5, 0.6) is 0 Å². The van der Waals surface area contributed by atoms with Crippen molar-refractivity contribution in [3.05, 3.63) is 35.9 Å². The lowest BCUT2D eigenvalue weighted by atomic mass is 10.1. The van der Waals surface area contributed by atoms with Crippen LogP contribution < -0.4 is 10.6 Å². The van der Waals surface area contributed by atoms with Crippen molar-refractivity contribution in [2.45, 2.75) is 45.2 Å². The van der Waals surface area contributed by atoms with Gasteiger partial charge >= 0.3 is 0 Å². The lowest BCUT2D eigenvalue weighted by molar-refractivity contribution is 0.245. The van der Waals surface area contributed by atoms with Crippen molar-refractivity contribution in [3.63, 3.8) is 0 Å². The van der Waals surface area contributed by atoms with E-state index in [0.717, 1.165) is 25.6 Å². The number of rotatable bonds is 8. The fraction of sp³-hybridized carbons (Fsp3) is 0.682. The van der Waals surface area contributed by atoms with Crippen molar-refractivity contribution in [1.29, 1.82) is 0 Å². The van der Waals surface area contributed by atoms with E-state index < -0.39 is 0 Å².